The quantitative estimate of drug-likeness (QED) is 0.805. The molecule has 1 amide bonds. The molecule has 25 heavy (non-hydrogen) atoms. The molecule has 4 heteroatoms. The van der Waals surface area contributed by atoms with Gasteiger partial charge in [0.15, 0.2) is 0 Å². The zero-order chi connectivity index (χ0) is 17.5. The van der Waals surface area contributed by atoms with Crippen LogP contribution in [0.2, 0.25) is 0 Å². The van der Waals surface area contributed by atoms with E-state index in [0.717, 1.165) is 44.1 Å². The molecule has 1 aromatic carbocycles. The summed E-state index contributed by atoms with van der Waals surface area (Å²) < 4.78 is 0. The number of carbonyl (C=O) groups is 1. The van der Waals surface area contributed by atoms with Gasteiger partial charge in [-0.2, -0.15) is 0 Å². The maximum absolute atomic E-state index is 12.5. The minimum Gasteiger partial charge on any atom is -0.354 e. The molecule has 2 heterocycles. The summed E-state index contributed by atoms with van der Waals surface area (Å²) in [4.78, 5) is 16.5. The SMILES string of the molecule is CC[C@H](C(=O)NCCN1CCC(c2cccs2)CC1)c1ccccc1. The highest BCUT2D eigenvalue weighted by Crippen LogP contribution is 2.30. The smallest absolute Gasteiger partial charge is 0.227 e. The van der Waals surface area contributed by atoms with E-state index in [-0.39, 0.29) is 11.8 Å². The third-order valence-corrected chi connectivity index (χ3v) is 6.22. The van der Waals surface area contributed by atoms with Gasteiger partial charge in [0.05, 0.1) is 5.92 Å². The number of hydrogen-bond donors (Lipinski definition) is 1. The molecular weight excluding hydrogens is 328 g/mol. The van der Waals surface area contributed by atoms with Crippen molar-refractivity contribution in [2.24, 2.45) is 0 Å². The highest BCUT2D eigenvalue weighted by atomic mass is 32.1. The van der Waals surface area contributed by atoms with E-state index in [2.05, 4.69) is 34.7 Å². The summed E-state index contributed by atoms with van der Waals surface area (Å²) in [6.07, 6.45) is 3.30. The summed E-state index contributed by atoms with van der Waals surface area (Å²) in [5.41, 5.74) is 1.11. The van der Waals surface area contributed by atoms with Gasteiger partial charge in [-0.3, -0.25) is 4.79 Å². The first-order valence-electron chi connectivity index (χ1n) is 9.36. The van der Waals surface area contributed by atoms with E-state index >= 15 is 0 Å². The minimum atomic E-state index is -0.0363. The molecule has 0 spiro atoms. The monoisotopic (exact) mass is 356 g/mol. The maximum atomic E-state index is 12.5. The number of amides is 1. The molecule has 134 valence electrons. The van der Waals surface area contributed by atoms with Gasteiger partial charge < -0.3 is 10.2 Å². The van der Waals surface area contributed by atoms with E-state index < -0.39 is 0 Å². The minimum absolute atomic E-state index is 0.0363. The standard InChI is InChI=1S/C21H28N2OS/c1-2-19(17-7-4-3-5-8-17)21(24)22-12-15-23-13-10-18(11-14-23)20-9-6-16-25-20/h3-9,16,18-19H,2,10-15H2,1H3,(H,22,24)/t19-/m0/s1. The van der Waals surface area contributed by atoms with Crippen molar-refractivity contribution in [2.45, 2.75) is 38.0 Å². The van der Waals surface area contributed by atoms with Crippen LogP contribution in [-0.2, 0) is 4.79 Å². The third-order valence-electron chi connectivity index (χ3n) is 5.19. The summed E-state index contributed by atoms with van der Waals surface area (Å²) >= 11 is 1.88. The van der Waals surface area contributed by atoms with Crippen molar-refractivity contribution < 1.29 is 4.79 Å². The topological polar surface area (TPSA) is 32.3 Å². The van der Waals surface area contributed by atoms with Crippen molar-refractivity contribution in [2.75, 3.05) is 26.2 Å². The lowest BCUT2D eigenvalue weighted by molar-refractivity contribution is -0.122. The van der Waals surface area contributed by atoms with Gasteiger partial charge in [0.1, 0.15) is 0 Å². The van der Waals surface area contributed by atoms with Crippen LogP contribution in [0.1, 0.15) is 48.5 Å². The Morgan fingerprint density at radius 2 is 1.96 bits per heavy atom. The molecule has 3 rings (SSSR count). The molecule has 2 aromatic rings. The van der Waals surface area contributed by atoms with Crippen molar-refractivity contribution in [3.05, 3.63) is 58.3 Å². The Balaban J connectivity index is 1.40. The van der Waals surface area contributed by atoms with Crippen LogP contribution in [0.15, 0.2) is 47.8 Å². The molecule has 0 bridgehead atoms. The highest BCUT2D eigenvalue weighted by molar-refractivity contribution is 7.10. The van der Waals surface area contributed by atoms with Crippen molar-refractivity contribution in [1.82, 2.24) is 10.2 Å². The van der Waals surface area contributed by atoms with Gasteiger partial charge in [0.2, 0.25) is 5.91 Å². The zero-order valence-corrected chi connectivity index (χ0v) is 15.8. The van der Waals surface area contributed by atoms with Crippen LogP contribution in [0, 0.1) is 0 Å². The first-order valence-corrected chi connectivity index (χ1v) is 10.2. The highest BCUT2D eigenvalue weighted by Gasteiger charge is 2.22. The van der Waals surface area contributed by atoms with Crippen LogP contribution in [0.4, 0.5) is 0 Å². The number of rotatable bonds is 7. The molecule has 0 radical (unpaired) electrons. The average molecular weight is 357 g/mol. The summed E-state index contributed by atoms with van der Waals surface area (Å²) in [5, 5.41) is 5.31. The van der Waals surface area contributed by atoms with Crippen molar-refractivity contribution >= 4 is 17.2 Å². The molecule has 1 aliphatic rings. The summed E-state index contributed by atoms with van der Waals surface area (Å²) in [6.45, 7) is 6.04. The van der Waals surface area contributed by atoms with Crippen LogP contribution in [-0.4, -0.2) is 37.0 Å². The van der Waals surface area contributed by atoms with E-state index in [9.17, 15) is 4.79 Å². The fourth-order valence-corrected chi connectivity index (χ4v) is 4.58. The lowest BCUT2D eigenvalue weighted by Crippen LogP contribution is -2.40. The number of nitrogens with zero attached hydrogens (tertiary/aromatic N) is 1. The van der Waals surface area contributed by atoms with E-state index in [4.69, 9.17) is 0 Å². The predicted molar refractivity (Wildman–Crippen MR) is 105 cm³/mol. The molecule has 0 saturated carbocycles. The summed E-state index contributed by atoms with van der Waals surface area (Å²) in [6, 6.07) is 14.5. The normalized spacial score (nSPS) is 17.3. The van der Waals surface area contributed by atoms with Gasteiger partial charge in [0.25, 0.3) is 0 Å². The van der Waals surface area contributed by atoms with Gasteiger partial charge in [0, 0.05) is 18.0 Å². The van der Waals surface area contributed by atoms with Crippen LogP contribution in [0.5, 0.6) is 0 Å². The predicted octanol–water partition coefficient (Wildman–Crippen LogP) is 4.24. The number of thiophene rings is 1. The van der Waals surface area contributed by atoms with Crippen molar-refractivity contribution in [3.63, 3.8) is 0 Å². The Kier molecular flexibility index (Phi) is 6.65. The van der Waals surface area contributed by atoms with Gasteiger partial charge in [-0.15, -0.1) is 11.3 Å². The van der Waals surface area contributed by atoms with Gasteiger partial charge >= 0.3 is 0 Å². The molecule has 3 nitrogen and oxygen atoms in total. The molecule has 1 aliphatic heterocycles. The lowest BCUT2D eigenvalue weighted by atomic mass is 9.95. The largest absolute Gasteiger partial charge is 0.354 e. The molecule has 1 aromatic heterocycles. The summed E-state index contributed by atoms with van der Waals surface area (Å²) in [5.74, 6) is 0.848. The second-order valence-corrected chi connectivity index (χ2v) is 7.77. The van der Waals surface area contributed by atoms with Crippen LogP contribution >= 0.6 is 11.3 Å². The molecule has 0 unspecified atom stereocenters. The number of likely N-dealkylation sites (tertiary alicyclic amines) is 1. The number of carbonyl (C=O) groups excluding carboxylic acids is 1. The Hall–Kier alpha value is -1.65. The van der Waals surface area contributed by atoms with Crippen LogP contribution < -0.4 is 5.32 Å². The Morgan fingerprint density at radius 3 is 2.60 bits per heavy atom. The Morgan fingerprint density at radius 1 is 1.20 bits per heavy atom. The fraction of sp³-hybridized carbons (Fsp3) is 0.476. The van der Waals surface area contributed by atoms with Crippen LogP contribution in [0.25, 0.3) is 0 Å². The molecule has 1 fully saturated rings. The molecule has 1 saturated heterocycles. The first-order chi connectivity index (χ1) is 12.3. The lowest BCUT2D eigenvalue weighted by Gasteiger charge is -2.31. The second-order valence-electron chi connectivity index (χ2n) is 6.79. The van der Waals surface area contributed by atoms with Crippen molar-refractivity contribution in [3.8, 4) is 0 Å². The van der Waals surface area contributed by atoms with Gasteiger partial charge in [-0.25, -0.2) is 0 Å². The van der Waals surface area contributed by atoms with E-state index in [1.54, 1.807) is 0 Å². The number of piperidine rings is 1. The number of benzene rings is 1. The van der Waals surface area contributed by atoms with Gasteiger partial charge in [-0.1, -0.05) is 43.3 Å². The third kappa shape index (κ3) is 4.93. The van der Waals surface area contributed by atoms with Gasteiger partial charge in [-0.05, 0) is 55.3 Å². The number of nitrogens with one attached hydrogen (secondary N) is 1. The molecule has 0 aliphatic carbocycles. The molecule has 1 atom stereocenters. The fourth-order valence-electron chi connectivity index (χ4n) is 3.68. The molecule has 1 N–H and O–H groups in total. The van der Waals surface area contributed by atoms with E-state index in [1.165, 1.54) is 17.7 Å². The summed E-state index contributed by atoms with van der Waals surface area (Å²) in [7, 11) is 0. The van der Waals surface area contributed by atoms with Crippen LogP contribution in [0.3, 0.4) is 0 Å². The van der Waals surface area contributed by atoms with E-state index in [1.807, 2.05) is 41.7 Å². The molecular formula is C21H28N2OS. The zero-order valence-electron chi connectivity index (χ0n) is 15.0. The Labute approximate surface area is 155 Å². The maximum Gasteiger partial charge on any atom is 0.227 e. The second kappa shape index (κ2) is 9.16. The number of hydrogen-bond acceptors (Lipinski definition) is 3. The first kappa shape index (κ1) is 18.2. The average Bonchev–Trinajstić information content (AvgIpc) is 3.18. The Bertz CT molecular complexity index is 633. The van der Waals surface area contributed by atoms with E-state index in [0.29, 0.717) is 0 Å². The van der Waals surface area contributed by atoms with Crippen molar-refractivity contribution in [1.29, 1.82) is 0 Å².